The highest BCUT2D eigenvalue weighted by atomic mass is 28.5. The minimum Gasteiger partial charge on any atom is -0.374 e. The van der Waals surface area contributed by atoms with Crippen molar-refractivity contribution >= 4 is 51.2 Å². The molecule has 0 fully saturated rings. The molecule has 11 heteroatoms. The fraction of sp³-hybridized carbons (Fsp3) is 0.300. The predicted molar refractivity (Wildman–Crippen MR) is 121 cm³/mol. The van der Waals surface area contributed by atoms with E-state index in [0.717, 1.165) is 0 Å². The molecule has 2 rings (SSSR count). The maximum absolute atomic E-state index is 11.3. The molecule has 0 bridgehead atoms. The van der Waals surface area contributed by atoms with Gasteiger partial charge >= 0.3 is 17.6 Å². The van der Waals surface area contributed by atoms with Gasteiger partial charge in [0.25, 0.3) is 0 Å². The number of benzene rings is 2. The summed E-state index contributed by atoms with van der Waals surface area (Å²) >= 11 is 0. The Kier molecular flexibility index (Phi) is 8.64. The fourth-order valence-electron chi connectivity index (χ4n) is 3.02. The Morgan fingerprint density at radius 1 is 0.613 bits per heavy atom. The predicted octanol–water partition coefficient (Wildman–Crippen LogP) is 1.20. The van der Waals surface area contributed by atoms with Crippen LogP contribution in [0.4, 0.5) is 11.4 Å². The second kappa shape index (κ2) is 10.8. The number of rotatable bonds is 10. The smallest absolute Gasteiger partial charge is 0.374 e. The monoisotopic (exact) mass is 464 g/mol. The molecule has 9 nitrogen and oxygen atoms in total. The molecule has 0 aromatic heterocycles. The van der Waals surface area contributed by atoms with Gasteiger partial charge in [-0.3, -0.25) is 9.59 Å². The van der Waals surface area contributed by atoms with E-state index < -0.39 is 17.6 Å². The van der Waals surface area contributed by atoms with E-state index in [1.807, 2.05) is 0 Å². The molecule has 2 amide bonds. The Bertz CT molecular complexity index is 810. The van der Waals surface area contributed by atoms with Crippen molar-refractivity contribution in [2.45, 2.75) is 13.8 Å². The molecule has 168 valence electrons. The number of anilines is 2. The molecule has 0 saturated heterocycles. The molecule has 2 aromatic rings. The lowest BCUT2D eigenvalue weighted by molar-refractivity contribution is -0.115. The first kappa shape index (κ1) is 24.9. The summed E-state index contributed by atoms with van der Waals surface area (Å²) in [6.45, 7) is 2.88. The Morgan fingerprint density at radius 2 is 0.903 bits per heavy atom. The van der Waals surface area contributed by atoms with Crippen molar-refractivity contribution in [3.8, 4) is 0 Å². The van der Waals surface area contributed by atoms with Gasteiger partial charge in [-0.1, -0.05) is 24.3 Å². The molecule has 0 aliphatic rings. The van der Waals surface area contributed by atoms with Crippen LogP contribution in [0.15, 0.2) is 48.5 Å². The van der Waals surface area contributed by atoms with Crippen LogP contribution in [0.25, 0.3) is 0 Å². The molecule has 0 aliphatic heterocycles. The van der Waals surface area contributed by atoms with Crippen molar-refractivity contribution in [2.24, 2.45) is 0 Å². The summed E-state index contributed by atoms with van der Waals surface area (Å²) in [5, 5.41) is 6.78. The number of nitrogens with one attached hydrogen (secondary N) is 2. The zero-order chi connectivity index (χ0) is 23.1. The number of carbonyl (C=O) groups is 2. The minimum absolute atomic E-state index is 0.168. The minimum atomic E-state index is -3.45. The molecule has 0 radical (unpaired) electrons. The highest BCUT2D eigenvalue weighted by molar-refractivity contribution is 6.88. The lowest BCUT2D eigenvalue weighted by atomic mass is 10.3. The molecule has 0 aliphatic carbocycles. The molecule has 0 spiro atoms. The first-order valence-corrected chi connectivity index (χ1v) is 12.9. The van der Waals surface area contributed by atoms with Gasteiger partial charge in [0.1, 0.15) is 0 Å². The molecule has 31 heavy (non-hydrogen) atoms. The zero-order valence-corrected chi connectivity index (χ0v) is 20.5. The van der Waals surface area contributed by atoms with Crippen LogP contribution in [0.2, 0.25) is 0 Å². The molecule has 0 saturated carbocycles. The van der Waals surface area contributed by atoms with Gasteiger partial charge in [0, 0.05) is 64.0 Å². The van der Waals surface area contributed by atoms with E-state index in [2.05, 4.69) is 10.6 Å². The van der Waals surface area contributed by atoms with E-state index in [1.165, 1.54) is 42.3 Å². The lowest BCUT2D eigenvalue weighted by Gasteiger charge is -2.35. The zero-order valence-electron chi connectivity index (χ0n) is 18.5. The van der Waals surface area contributed by atoms with Crippen molar-refractivity contribution in [1.29, 1.82) is 0 Å². The van der Waals surface area contributed by atoms with Crippen LogP contribution >= 0.6 is 0 Å². The van der Waals surface area contributed by atoms with Crippen molar-refractivity contribution in [1.82, 2.24) is 0 Å². The SMILES string of the molecule is CO[Si](OC)(O[Si](OC)(OC)c1ccc(NC(C)=O)cc1)c1ccc(NC(C)=O)cc1. The molecule has 0 unspecified atom stereocenters. The van der Waals surface area contributed by atoms with Crippen molar-refractivity contribution in [2.75, 3.05) is 39.1 Å². The summed E-state index contributed by atoms with van der Waals surface area (Å²) in [6, 6.07) is 14.1. The summed E-state index contributed by atoms with van der Waals surface area (Å²) in [5.74, 6) is -0.335. The second-order valence-corrected chi connectivity index (χ2v) is 12.4. The van der Waals surface area contributed by atoms with Crippen molar-refractivity contribution < 1.29 is 31.4 Å². The van der Waals surface area contributed by atoms with Crippen molar-refractivity contribution in [3.05, 3.63) is 48.5 Å². The van der Waals surface area contributed by atoms with Crippen LogP contribution in [0, 0.1) is 0 Å². The average Bonchev–Trinajstić information content (AvgIpc) is 2.76. The van der Waals surface area contributed by atoms with E-state index in [4.69, 9.17) is 21.8 Å². The maximum atomic E-state index is 11.3. The molecule has 0 heterocycles. The van der Waals surface area contributed by atoms with Gasteiger partial charge in [-0.2, -0.15) is 0 Å². The molecule has 2 N–H and O–H groups in total. The normalized spacial score (nSPS) is 11.8. The number of amides is 2. The van der Waals surface area contributed by atoms with Gasteiger partial charge < -0.3 is 32.5 Å². The molecular formula is C20H28N2O7Si2. The first-order chi connectivity index (χ1) is 14.7. The molecule has 0 atom stereocenters. The van der Waals surface area contributed by atoms with Crippen LogP contribution in [-0.2, 0) is 31.4 Å². The van der Waals surface area contributed by atoms with Gasteiger partial charge in [0.15, 0.2) is 0 Å². The number of carbonyl (C=O) groups excluding carboxylic acids is 2. The van der Waals surface area contributed by atoms with E-state index in [1.54, 1.807) is 48.5 Å². The van der Waals surface area contributed by atoms with E-state index in [0.29, 0.717) is 21.7 Å². The Balaban J connectivity index is 2.42. The van der Waals surface area contributed by atoms with Crippen LogP contribution in [0.3, 0.4) is 0 Å². The lowest BCUT2D eigenvalue weighted by Crippen LogP contribution is -2.68. The highest BCUT2D eigenvalue weighted by Crippen LogP contribution is 2.20. The van der Waals surface area contributed by atoms with Gasteiger partial charge in [-0.05, 0) is 24.3 Å². The Hall–Kier alpha value is -2.39. The van der Waals surface area contributed by atoms with Crippen LogP contribution < -0.4 is 21.0 Å². The van der Waals surface area contributed by atoms with E-state index in [-0.39, 0.29) is 11.8 Å². The third kappa shape index (κ3) is 5.86. The van der Waals surface area contributed by atoms with Gasteiger partial charge in [0.05, 0.1) is 0 Å². The quantitative estimate of drug-likeness (QED) is 0.509. The molecular weight excluding hydrogens is 436 g/mol. The van der Waals surface area contributed by atoms with Gasteiger partial charge in [-0.15, -0.1) is 0 Å². The number of hydrogen-bond acceptors (Lipinski definition) is 7. The fourth-order valence-corrected chi connectivity index (χ4v) is 9.14. The summed E-state index contributed by atoms with van der Waals surface area (Å²) in [4.78, 5) is 22.6. The second-order valence-electron chi connectivity index (χ2n) is 6.55. The van der Waals surface area contributed by atoms with E-state index in [9.17, 15) is 9.59 Å². The van der Waals surface area contributed by atoms with Crippen molar-refractivity contribution in [3.63, 3.8) is 0 Å². The first-order valence-electron chi connectivity index (χ1n) is 9.41. The third-order valence-electron chi connectivity index (χ3n) is 4.46. The number of hydrogen-bond donors (Lipinski definition) is 2. The summed E-state index contributed by atoms with van der Waals surface area (Å²) in [5.41, 5.74) is 1.28. The maximum Gasteiger partial charge on any atom is 0.529 e. The Labute approximate surface area is 184 Å². The van der Waals surface area contributed by atoms with Crippen LogP contribution in [-0.4, -0.2) is 57.9 Å². The van der Waals surface area contributed by atoms with Crippen LogP contribution in [0.5, 0.6) is 0 Å². The topological polar surface area (TPSA) is 104 Å². The van der Waals surface area contributed by atoms with Gasteiger partial charge in [-0.25, -0.2) is 0 Å². The average molecular weight is 465 g/mol. The highest BCUT2D eigenvalue weighted by Gasteiger charge is 2.55. The third-order valence-corrected chi connectivity index (χ3v) is 10.8. The summed E-state index contributed by atoms with van der Waals surface area (Å²) in [6.07, 6.45) is 0. The van der Waals surface area contributed by atoms with Gasteiger partial charge in [0.2, 0.25) is 11.8 Å². The standard InChI is InChI=1S/C20H28N2O7Si2/c1-15(23)21-17-7-11-19(12-8-17)30(25-3,26-4)29-31(27-5,28-6)20-13-9-18(10-14-20)22-16(2)24/h7-14H,1-6H3,(H,21,23)(H,22,24). The largest absolute Gasteiger partial charge is 0.529 e. The summed E-state index contributed by atoms with van der Waals surface area (Å²) in [7, 11) is -0.899. The van der Waals surface area contributed by atoms with E-state index >= 15 is 0 Å². The Morgan fingerprint density at radius 3 is 1.13 bits per heavy atom. The summed E-state index contributed by atoms with van der Waals surface area (Å²) < 4.78 is 29.6. The molecule has 2 aromatic carbocycles. The van der Waals surface area contributed by atoms with Crippen LogP contribution in [0.1, 0.15) is 13.8 Å².